The zero-order valence-electron chi connectivity index (χ0n) is 17.7. The highest BCUT2D eigenvalue weighted by Crippen LogP contribution is 2.52. The Hall–Kier alpha value is -2.52. The Balaban J connectivity index is 1.53. The largest absolute Gasteiger partial charge is 0.478 e. The minimum absolute atomic E-state index is 0.0948. The summed E-state index contributed by atoms with van der Waals surface area (Å²) in [6, 6.07) is 0.640. The van der Waals surface area contributed by atoms with Gasteiger partial charge in [-0.3, -0.25) is 4.90 Å². The first-order valence-electron chi connectivity index (χ1n) is 10.5. The third-order valence-corrected chi connectivity index (χ3v) is 6.05. The molecule has 162 valence electrons. The van der Waals surface area contributed by atoms with Gasteiger partial charge in [0.05, 0.1) is 25.9 Å². The summed E-state index contributed by atoms with van der Waals surface area (Å²) in [6.45, 7) is 7.18. The van der Waals surface area contributed by atoms with Crippen molar-refractivity contribution < 1.29 is 19.3 Å². The van der Waals surface area contributed by atoms with Crippen LogP contribution in [0.4, 0.5) is 0 Å². The van der Waals surface area contributed by atoms with Gasteiger partial charge in [-0.25, -0.2) is 15.0 Å². The van der Waals surface area contributed by atoms with E-state index in [1.54, 1.807) is 25.7 Å². The molecule has 1 aliphatic carbocycles. The van der Waals surface area contributed by atoms with Gasteiger partial charge >= 0.3 is 12.0 Å². The van der Waals surface area contributed by atoms with Crippen molar-refractivity contribution in [1.82, 2.24) is 24.8 Å². The van der Waals surface area contributed by atoms with Gasteiger partial charge in [-0.15, -0.1) is 0 Å². The van der Waals surface area contributed by atoms with E-state index in [0.29, 0.717) is 43.0 Å². The average Bonchev–Trinajstić information content (AvgIpc) is 3.29. The van der Waals surface area contributed by atoms with Crippen molar-refractivity contribution in [2.45, 2.75) is 38.8 Å². The number of hydrogen-bond donors (Lipinski definition) is 1. The van der Waals surface area contributed by atoms with Gasteiger partial charge in [0.25, 0.3) is 0 Å². The van der Waals surface area contributed by atoms with Gasteiger partial charge in [0, 0.05) is 49.7 Å². The lowest BCUT2D eigenvalue weighted by Crippen LogP contribution is -2.35. The topological polar surface area (TPSA) is 103 Å². The molecule has 3 atom stereocenters. The minimum Gasteiger partial charge on any atom is -0.478 e. The second kappa shape index (κ2) is 8.69. The van der Waals surface area contributed by atoms with E-state index < -0.39 is 5.60 Å². The molecule has 0 spiro atoms. The third kappa shape index (κ3) is 3.91. The molecule has 2 aliphatic rings. The highest BCUT2D eigenvalue weighted by molar-refractivity contribution is 5.34. The summed E-state index contributed by atoms with van der Waals surface area (Å²) in [5.74, 6) is 0.925. The maximum absolute atomic E-state index is 11.7. The van der Waals surface area contributed by atoms with E-state index in [-0.39, 0.29) is 11.9 Å². The van der Waals surface area contributed by atoms with Crippen molar-refractivity contribution in [2.75, 3.05) is 33.4 Å². The number of rotatable bonds is 8. The molecule has 4 rings (SSSR count). The van der Waals surface area contributed by atoms with Crippen LogP contribution in [0.2, 0.25) is 0 Å². The lowest BCUT2D eigenvalue weighted by molar-refractivity contribution is -0.0101. The first-order valence-corrected chi connectivity index (χ1v) is 10.5. The maximum atomic E-state index is 11.7. The molecule has 0 radical (unpaired) electrons. The third-order valence-electron chi connectivity index (χ3n) is 6.05. The Labute approximate surface area is 176 Å². The van der Waals surface area contributed by atoms with Gasteiger partial charge in [-0.1, -0.05) is 0 Å². The van der Waals surface area contributed by atoms with E-state index in [4.69, 9.17) is 14.2 Å². The van der Waals surface area contributed by atoms with Crippen LogP contribution in [0.3, 0.4) is 0 Å². The van der Waals surface area contributed by atoms with Gasteiger partial charge in [0.15, 0.2) is 0 Å². The van der Waals surface area contributed by atoms with Crippen LogP contribution in [0, 0.1) is 11.8 Å². The highest BCUT2D eigenvalue weighted by atomic mass is 16.5. The molecule has 0 unspecified atom stereocenters. The van der Waals surface area contributed by atoms with Gasteiger partial charge < -0.3 is 19.3 Å². The van der Waals surface area contributed by atoms with Crippen LogP contribution in [0.25, 0.3) is 0 Å². The summed E-state index contributed by atoms with van der Waals surface area (Å²) >= 11 is 0. The van der Waals surface area contributed by atoms with Crippen LogP contribution in [-0.2, 0) is 12.1 Å². The predicted molar refractivity (Wildman–Crippen MR) is 108 cm³/mol. The van der Waals surface area contributed by atoms with Gasteiger partial charge in [-0.2, -0.15) is 4.98 Å². The van der Waals surface area contributed by atoms with E-state index in [0.717, 1.165) is 31.6 Å². The first kappa shape index (κ1) is 20.7. The van der Waals surface area contributed by atoms with Crippen molar-refractivity contribution in [3.63, 3.8) is 0 Å². The SMILES string of the molecule is CCOc1ncc([C@]2(O)CC[C@H]3CN(Cc4cnc(OC)nc4)C[C@H]32)c(OCC)n1. The molecule has 0 amide bonds. The molecule has 30 heavy (non-hydrogen) atoms. The van der Waals surface area contributed by atoms with E-state index >= 15 is 0 Å². The molecule has 1 saturated carbocycles. The molecule has 1 saturated heterocycles. The Morgan fingerprint density at radius 1 is 1.07 bits per heavy atom. The number of nitrogens with zero attached hydrogens (tertiary/aromatic N) is 5. The molecule has 0 bridgehead atoms. The molecule has 2 aromatic heterocycles. The maximum Gasteiger partial charge on any atom is 0.319 e. The summed E-state index contributed by atoms with van der Waals surface area (Å²) in [6.07, 6.45) is 6.89. The van der Waals surface area contributed by atoms with Crippen molar-refractivity contribution in [3.8, 4) is 17.9 Å². The van der Waals surface area contributed by atoms with Crippen LogP contribution < -0.4 is 14.2 Å². The van der Waals surface area contributed by atoms with E-state index in [2.05, 4.69) is 24.8 Å². The predicted octanol–water partition coefficient (Wildman–Crippen LogP) is 1.80. The van der Waals surface area contributed by atoms with Crippen molar-refractivity contribution >= 4 is 0 Å². The first-order chi connectivity index (χ1) is 14.6. The summed E-state index contributed by atoms with van der Waals surface area (Å²) in [7, 11) is 1.55. The summed E-state index contributed by atoms with van der Waals surface area (Å²) in [5.41, 5.74) is 0.680. The Bertz CT molecular complexity index is 865. The van der Waals surface area contributed by atoms with Gasteiger partial charge in [-0.05, 0) is 32.6 Å². The van der Waals surface area contributed by atoms with Crippen molar-refractivity contribution in [1.29, 1.82) is 0 Å². The van der Waals surface area contributed by atoms with Crippen molar-refractivity contribution in [3.05, 3.63) is 29.7 Å². The van der Waals surface area contributed by atoms with Crippen LogP contribution >= 0.6 is 0 Å². The molecule has 3 heterocycles. The van der Waals surface area contributed by atoms with E-state index in [1.807, 2.05) is 13.8 Å². The molecule has 2 aromatic rings. The van der Waals surface area contributed by atoms with Gasteiger partial charge in [0.1, 0.15) is 5.60 Å². The Morgan fingerprint density at radius 3 is 2.50 bits per heavy atom. The number of methoxy groups -OCH3 is 1. The number of aliphatic hydroxyl groups is 1. The fraction of sp³-hybridized carbons (Fsp3) is 0.619. The molecule has 9 heteroatoms. The fourth-order valence-corrected chi connectivity index (χ4v) is 4.73. The number of ether oxygens (including phenoxy) is 3. The monoisotopic (exact) mass is 415 g/mol. The minimum atomic E-state index is -1.01. The number of aromatic nitrogens is 4. The van der Waals surface area contributed by atoms with Crippen LogP contribution in [0.5, 0.6) is 17.9 Å². The Morgan fingerprint density at radius 2 is 1.80 bits per heavy atom. The second-order valence-corrected chi connectivity index (χ2v) is 7.84. The molecule has 1 aliphatic heterocycles. The molecule has 9 nitrogen and oxygen atoms in total. The standard InChI is InChI=1S/C21H29N5O4/c1-4-29-18-16(10-24-20(25-18)30-5-2)21(27)7-6-15-12-26(13-17(15)21)11-14-8-22-19(28-3)23-9-14/h8-10,15,17,27H,4-7,11-13H2,1-3H3/t15-,17+,21+/m0/s1. The van der Waals surface area contributed by atoms with Crippen LogP contribution in [0.15, 0.2) is 18.6 Å². The average molecular weight is 415 g/mol. The summed E-state index contributed by atoms with van der Waals surface area (Å²) in [5, 5.41) is 11.7. The van der Waals surface area contributed by atoms with E-state index in [9.17, 15) is 5.11 Å². The zero-order valence-corrected chi connectivity index (χ0v) is 17.7. The lowest BCUT2D eigenvalue weighted by atomic mass is 9.83. The normalized spacial score (nSPS) is 25.9. The second-order valence-electron chi connectivity index (χ2n) is 7.84. The molecular formula is C21H29N5O4. The number of likely N-dealkylation sites (tertiary alicyclic amines) is 1. The summed E-state index contributed by atoms with van der Waals surface area (Å²) < 4.78 is 16.2. The summed E-state index contributed by atoms with van der Waals surface area (Å²) in [4.78, 5) is 19.4. The van der Waals surface area contributed by atoms with Crippen molar-refractivity contribution in [2.24, 2.45) is 11.8 Å². The van der Waals surface area contributed by atoms with Gasteiger partial charge in [0.2, 0.25) is 5.88 Å². The lowest BCUT2D eigenvalue weighted by Gasteiger charge is -2.31. The highest BCUT2D eigenvalue weighted by Gasteiger charge is 2.53. The fourth-order valence-electron chi connectivity index (χ4n) is 4.73. The van der Waals surface area contributed by atoms with Crippen LogP contribution in [-0.4, -0.2) is 63.4 Å². The quantitative estimate of drug-likeness (QED) is 0.691. The molecule has 1 N–H and O–H groups in total. The molecular weight excluding hydrogens is 386 g/mol. The molecule has 0 aromatic carbocycles. The Kier molecular flexibility index (Phi) is 6.01. The van der Waals surface area contributed by atoms with E-state index in [1.165, 1.54) is 0 Å². The number of fused-ring (bicyclic) bond motifs is 1. The zero-order chi connectivity index (χ0) is 21.1. The molecule has 2 fully saturated rings. The number of hydrogen-bond acceptors (Lipinski definition) is 9. The van der Waals surface area contributed by atoms with Crippen LogP contribution in [0.1, 0.15) is 37.8 Å². The smallest absolute Gasteiger partial charge is 0.319 e.